The predicted octanol–water partition coefficient (Wildman–Crippen LogP) is 2.59. The molecule has 1 aliphatic heterocycles. The number of carbonyl (C=O) groups excluding carboxylic acids is 1. The number of nitrogens with one attached hydrogen (secondary N) is 1. The molecule has 1 N–H and O–H groups in total. The second-order valence-electron chi connectivity index (χ2n) is 7.22. The monoisotopic (exact) mass is 436 g/mol. The number of sulfonamides is 1. The maximum absolute atomic E-state index is 12.6. The van der Waals surface area contributed by atoms with Gasteiger partial charge >= 0.3 is 0 Å². The Hall–Kier alpha value is -2.13. The lowest BCUT2D eigenvalue weighted by Gasteiger charge is -2.34. The average molecular weight is 437 g/mol. The molecule has 0 radical (unpaired) electrons. The summed E-state index contributed by atoms with van der Waals surface area (Å²) >= 11 is 6.04. The van der Waals surface area contributed by atoms with Crippen LogP contribution in [-0.2, 0) is 10.0 Å². The van der Waals surface area contributed by atoms with Crippen LogP contribution in [0.25, 0.3) is 0 Å². The summed E-state index contributed by atoms with van der Waals surface area (Å²) in [5, 5.41) is 2.88. The van der Waals surface area contributed by atoms with Crippen molar-refractivity contribution in [1.29, 1.82) is 0 Å². The molecular formula is C20H25ClN4O3S. The molecule has 156 valence electrons. The first-order valence-corrected chi connectivity index (χ1v) is 11.1. The van der Waals surface area contributed by atoms with Crippen molar-refractivity contribution in [2.24, 2.45) is 0 Å². The number of hydrogen-bond acceptors (Lipinski definition) is 5. The van der Waals surface area contributed by atoms with E-state index in [1.807, 2.05) is 24.3 Å². The third-order valence-corrected chi connectivity index (χ3v) is 7.24. The number of likely N-dealkylation sites (N-methyl/N-ethyl adjacent to an activating group) is 1. The molecule has 2 aromatic rings. The van der Waals surface area contributed by atoms with Gasteiger partial charge in [0.15, 0.2) is 0 Å². The third kappa shape index (κ3) is 4.90. The highest BCUT2D eigenvalue weighted by Crippen LogP contribution is 2.25. The topological polar surface area (TPSA) is 73.0 Å². The summed E-state index contributed by atoms with van der Waals surface area (Å²) in [7, 11) is 1.20. The van der Waals surface area contributed by atoms with Gasteiger partial charge in [0.1, 0.15) is 4.90 Å². The fourth-order valence-electron chi connectivity index (χ4n) is 3.06. The van der Waals surface area contributed by atoms with Gasteiger partial charge in [0.05, 0.1) is 5.02 Å². The molecule has 1 fully saturated rings. The van der Waals surface area contributed by atoms with Gasteiger partial charge in [-0.25, -0.2) is 12.7 Å². The van der Waals surface area contributed by atoms with E-state index in [1.165, 1.54) is 32.3 Å². The van der Waals surface area contributed by atoms with Gasteiger partial charge in [0, 0.05) is 57.2 Å². The molecule has 0 aromatic heterocycles. The van der Waals surface area contributed by atoms with Crippen LogP contribution in [0.3, 0.4) is 0 Å². The normalized spacial score (nSPS) is 15.6. The van der Waals surface area contributed by atoms with Gasteiger partial charge in [-0.05, 0) is 49.5 Å². The van der Waals surface area contributed by atoms with Gasteiger partial charge in [-0.2, -0.15) is 0 Å². The van der Waals surface area contributed by atoms with E-state index in [2.05, 4.69) is 22.2 Å². The van der Waals surface area contributed by atoms with Crippen LogP contribution in [0.5, 0.6) is 0 Å². The van der Waals surface area contributed by atoms with Crippen molar-refractivity contribution in [3.63, 3.8) is 0 Å². The molecule has 0 aliphatic carbocycles. The van der Waals surface area contributed by atoms with E-state index in [-0.39, 0.29) is 15.5 Å². The Morgan fingerprint density at radius 2 is 1.66 bits per heavy atom. The zero-order chi connectivity index (χ0) is 21.2. The molecule has 0 atom stereocenters. The number of hydrogen-bond donors (Lipinski definition) is 1. The van der Waals surface area contributed by atoms with Crippen molar-refractivity contribution >= 4 is 38.9 Å². The molecule has 0 bridgehead atoms. The smallest absolute Gasteiger partial charge is 0.255 e. The fraction of sp³-hybridized carbons (Fsp3) is 0.350. The first-order chi connectivity index (χ1) is 13.7. The van der Waals surface area contributed by atoms with Crippen LogP contribution in [0.2, 0.25) is 5.02 Å². The Balaban J connectivity index is 1.74. The van der Waals surface area contributed by atoms with Gasteiger partial charge in [0.2, 0.25) is 10.0 Å². The van der Waals surface area contributed by atoms with Crippen LogP contribution in [0.1, 0.15) is 10.4 Å². The van der Waals surface area contributed by atoms with Crippen LogP contribution in [-0.4, -0.2) is 70.9 Å². The number of piperazine rings is 1. The number of anilines is 2. The molecule has 7 nitrogen and oxygen atoms in total. The number of rotatable bonds is 5. The minimum atomic E-state index is -3.75. The van der Waals surface area contributed by atoms with Crippen LogP contribution in [0.15, 0.2) is 47.4 Å². The fourth-order valence-corrected chi connectivity index (χ4v) is 4.46. The molecule has 1 saturated heterocycles. The van der Waals surface area contributed by atoms with Gasteiger partial charge in [-0.3, -0.25) is 4.79 Å². The molecule has 3 rings (SSSR count). The number of nitrogens with zero attached hydrogens (tertiary/aromatic N) is 3. The van der Waals surface area contributed by atoms with Crippen LogP contribution in [0, 0.1) is 0 Å². The minimum absolute atomic E-state index is 0.0757. The lowest BCUT2D eigenvalue weighted by atomic mass is 10.2. The molecule has 1 amide bonds. The standard InChI is InChI=1S/C20H25ClN4O3S/c1-23(2)29(27,28)19-14-15(4-9-18(19)21)20(26)22-16-5-7-17(8-6-16)25-12-10-24(3)11-13-25/h4-9,14H,10-13H2,1-3H3,(H,22,26). The van der Waals surface area contributed by atoms with E-state index < -0.39 is 15.9 Å². The molecule has 0 unspecified atom stereocenters. The zero-order valence-corrected chi connectivity index (χ0v) is 18.3. The van der Waals surface area contributed by atoms with E-state index in [9.17, 15) is 13.2 Å². The summed E-state index contributed by atoms with van der Waals surface area (Å²) < 4.78 is 25.9. The molecule has 0 spiro atoms. The Morgan fingerprint density at radius 3 is 2.24 bits per heavy atom. The van der Waals surface area contributed by atoms with Crippen LogP contribution >= 0.6 is 11.6 Å². The Bertz CT molecular complexity index is 985. The Labute approximate surface area is 176 Å². The quantitative estimate of drug-likeness (QED) is 0.779. The summed E-state index contributed by atoms with van der Waals surface area (Å²) in [6, 6.07) is 11.9. The van der Waals surface area contributed by atoms with E-state index in [0.717, 1.165) is 36.2 Å². The summed E-state index contributed by atoms with van der Waals surface area (Å²) in [6.45, 7) is 3.98. The lowest BCUT2D eigenvalue weighted by Crippen LogP contribution is -2.44. The third-order valence-electron chi connectivity index (χ3n) is 4.95. The Morgan fingerprint density at radius 1 is 1.03 bits per heavy atom. The number of carbonyl (C=O) groups is 1. The van der Waals surface area contributed by atoms with Crippen molar-refractivity contribution in [3.8, 4) is 0 Å². The first-order valence-electron chi connectivity index (χ1n) is 9.25. The Kier molecular flexibility index (Phi) is 6.48. The summed E-state index contributed by atoms with van der Waals surface area (Å²) in [5.74, 6) is -0.399. The molecule has 9 heteroatoms. The number of halogens is 1. The summed E-state index contributed by atoms with van der Waals surface area (Å²) in [4.78, 5) is 17.1. The van der Waals surface area contributed by atoms with Gasteiger partial charge in [-0.1, -0.05) is 11.6 Å². The molecule has 1 aliphatic rings. The van der Waals surface area contributed by atoms with E-state index in [0.29, 0.717) is 5.69 Å². The average Bonchev–Trinajstić information content (AvgIpc) is 2.69. The predicted molar refractivity (Wildman–Crippen MR) is 116 cm³/mol. The van der Waals surface area contributed by atoms with E-state index in [1.54, 1.807) is 0 Å². The van der Waals surface area contributed by atoms with Gasteiger partial charge in [-0.15, -0.1) is 0 Å². The maximum atomic E-state index is 12.6. The molecule has 0 saturated carbocycles. The molecule has 29 heavy (non-hydrogen) atoms. The van der Waals surface area contributed by atoms with E-state index in [4.69, 9.17) is 11.6 Å². The maximum Gasteiger partial charge on any atom is 0.255 e. The summed E-state index contributed by atoms with van der Waals surface area (Å²) in [6.07, 6.45) is 0. The van der Waals surface area contributed by atoms with E-state index >= 15 is 0 Å². The largest absolute Gasteiger partial charge is 0.369 e. The van der Waals surface area contributed by atoms with Crippen molar-refractivity contribution in [2.45, 2.75) is 4.90 Å². The summed E-state index contributed by atoms with van der Waals surface area (Å²) in [5.41, 5.74) is 1.97. The zero-order valence-electron chi connectivity index (χ0n) is 16.7. The van der Waals surface area contributed by atoms with Crippen LogP contribution in [0.4, 0.5) is 11.4 Å². The van der Waals surface area contributed by atoms with Crippen molar-refractivity contribution in [3.05, 3.63) is 53.1 Å². The van der Waals surface area contributed by atoms with Gasteiger partial charge in [0.25, 0.3) is 5.91 Å². The highest BCUT2D eigenvalue weighted by atomic mass is 35.5. The molecular weight excluding hydrogens is 412 g/mol. The second kappa shape index (κ2) is 8.71. The lowest BCUT2D eigenvalue weighted by molar-refractivity contribution is 0.102. The minimum Gasteiger partial charge on any atom is -0.369 e. The van der Waals surface area contributed by atoms with Crippen molar-refractivity contribution < 1.29 is 13.2 Å². The van der Waals surface area contributed by atoms with Crippen molar-refractivity contribution in [2.75, 3.05) is 57.5 Å². The van der Waals surface area contributed by atoms with Crippen molar-refractivity contribution in [1.82, 2.24) is 9.21 Å². The molecule has 1 heterocycles. The number of amides is 1. The second-order valence-corrected chi connectivity index (χ2v) is 9.75. The SMILES string of the molecule is CN1CCN(c2ccc(NC(=O)c3ccc(Cl)c(S(=O)(=O)N(C)C)c3)cc2)CC1. The number of benzene rings is 2. The highest BCUT2D eigenvalue weighted by molar-refractivity contribution is 7.89. The highest BCUT2D eigenvalue weighted by Gasteiger charge is 2.22. The van der Waals surface area contributed by atoms with Crippen LogP contribution < -0.4 is 10.2 Å². The van der Waals surface area contributed by atoms with Gasteiger partial charge < -0.3 is 15.1 Å². The molecule has 2 aromatic carbocycles. The first kappa shape index (κ1) is 21.6.